The number of hydrogen-bond donors (Lipinski definition) is 0. The Kier molecular flexibility index (Phi) is 7.56. The molecule has 0 aliphatic carbocycles. The Bertz CT molecular complexity index is 847. The number of nitrogens with zero attached hydrogens (tertiary/aromatic N) is 2. The van der Waals surface area contributed by atoms with E-state index < -0.39 is 33.6 Å². The summed E-state index contributed by atoms with van der Waals surface area (Å²) in [6.45, 7) is 3.32. The number of non-ortho nitro benzene ring substituents is 2. The van der Waals surface area contributed by atoms with Gasteiger partial charge in [-0.05, 0) is 25.0 Å². The first-order chi connectivity index (χ1) is 14.3. The standard InChI is InChI=1S/C20H20N2O8/c1-3-29-19(23)17(13-5-9-15(10-6-13)21(25)26)18(20(24)30-4-2)14-7-11-16(12-8-14)22(27)28/h5-12,17-18H,3-4H2,1-2H3. The van der Waals surface area contributed by atoms with Crippen molar-refractivity contribution in [2.75, 3.05) is 13.2 Å². The summed E-state index contributed by atoms with van der Waals surface area (Å²) < 4.78 is 10.3. The van der Waals surface area contributed by atoms with Gasteiger partial charge in [0.2, 0.25) is 0 Å². The Hall–Kier alpha value is -3.82. The molecule has 2 rings (SSSR count). The number of hydrogen-bond acceptors (Lipinski definition) is 8. The first-order valence-electron chi connectivity index (χ1n) is 9.12. The molecular weight excluding hydrogens is 396 g/mol. The van der Waals surface area contributed by atoms with Crippen LogP contribution in [0.2, 0.25) is 0 Å². The SMILES string of the molecule is CCOC(=O)C(c1ccc([N+](=O)[O-])cc1)C(C(=O)OCC)c1ccc([N+](=O)[O-])cc1. The largest absolute Gasteiger partial charge is 0.465 e. The van der Waals surface area contributed by atoms with Crippen molar-refractivity contribution in [3.63, 3.8) is 0 Å². The molecule has 0 aliphatic rings. The van der Waals surface area contributed by atoms with Gasteiger partial charge < -0.3 is 9.47 Å². The van der Waals surface area contributed by atoms with Crippen LogP contribution in [0.5, 0.6) is 0 Å². The summed E-state index contributed by atoms with van der Waals surface area (Å²) in [6, 6.07) is 10.4. The summed E-state index contributed by atoms with van der Waals surface area (Å²) in [5.41, 5.74) is 0.277. The molecule has 0 spiro atoms. The van der Waals surface area contributed by atoms with E-state index in [-0.39, 0.29) is 24.6 Å². The first-order valence-corrected chi connectivity index (χ1v) is 9.12. The lowest BCUT2D eigenvalue weighted by Gasteiger charge is -2.25. The van der Waals surface area contributed by atoms with Crippen LogP contribution in [0.3, 0.4) is 0 Å². The topological polar surface area (TPSA) is 139 Å². The predicted octanol–water partition coefficient (Wildman–Crippen LogP) is 3.50. The van der Waals surface area contributed by atoms with E-state index in [1.165, 1.54) is 48.5 Å². The number of nitro benzene ring substituents is 2. The van der Waals surface area contributed by atoms with Crippen molar-refractivity contribution in [2.45, 2.75) is 25.7 Å². The molecule has 30 heavy (non-hydrogen) atoms. The van der Waals surface area contributed by atoms with Crippen LogP contribution < -0.4 is 0 Å². The van der Waals surface area contributed by atoms with Gasteiger partial charge in [-0.1, -0.05) is 24.3 Å². The van der Waals surface area contributed by atoms with Crippen molar-refractivity contribution in [3.05, 3.63) is 79.9 Å². The zero-order chi connectivity index (χ0) is 22.3. The smallest absolute Gasteiger partial charge is 0.314 e. The van der Waals surface area contributed by atoms with Gasteiger partial charge in [0.05, 0.1) is 34.9 Å². The normalized spacial score (nSPS) is 12.5. The van der Waals surface area contributed by atoms with Gasteiger partial charge >= 0.3 is 11.9 Å². The van der Waals surface area contributed by atoms with Gasteiger partial charge in [0, 0.05) is 24.3 Å². The van der Waals surface area contributed by atoms with E-state index in [9.17, 15) is 29.8 Å². The zero-order valence-electron chi connectivity index (χ0n) is 16.3. The maximum absolute atomic E-state index is 12.8. The second kappa shape index (κ2) is 10.1. The lowest BCUT2D eigenvalue weighted by Crippen LogP contribution is -2.29. The van der Waals surface area contributed by atoms with Crippen LogP contribution in [0, 0.1) is 20.2 Å². The summed E-state index contributed by atoms with van der Waals surface area (Å²) in [5, 5.41) is 21.9. The molecule has 0 aliphatic heterocycles. The Labute approximate surface area is 171 Å². The lowest BCUT2D eigenvalue weighted by atomic mass is 9.81. The summed E-state index contributed by atoms with van der Waals surface area (Å²) >= 11 is 0. The highest BCUT2D eigenvalue weighted by Crippen LogP contribution is 2.37. The fraction of sp³-hybridized carbons (Fsp3) is 0.300. The van der Waals surface area contributed by atoms with Crippen molar-refractivity contribution in [1.82, 2.24) is 0 Å². The average molecular weight is 416 g/mol. The van der Waals surface area contributed by atoms with Gasteiger partial charge in [-0.3, -0.25) is 29.8 Å². The highest BCUT2D eigenvalue weighted by atomic mass is 16.6. The number of carbonyl (C=O) groups is 2. The van der Waals surface area contributed by atoms with E-state index in [1.807, 2.05) is 0 Å². The Morgan fingerprint density at radius 3 is 1.27 bits per heavy atom. The van der Waals surface area contributed by atoms with Gasteiger partial charge in [-0.15, -0.1) is 0 Å². The fourth-order valence-electron chi connectivity index (χ4n) is 3.00. The molecule has 0 bridgehead atoms. The molecule has 0 heterocycles. The summed E-state index contributed by atoms with van der Waals surface area (Å²) in [5.74, 6) is -3.76. The van der Waals surface area contributed by atoms with Crippen molar-refractivity contribution in [1.29, 1.82) is 0 Å². The van der Waals surface area contributed by atoms with Gasteiger partial charge in [-0.2, -0.15) is 0 Å². The average Bonchev–Trinajstić information content (AvgIpc) is 2.72. The van der Waals surface area contributed by atoms with E-state index in [0.717, 1.165) is 0 Å². The van der Waals surface area contributed by atoms with Crippen LogP contribution in [0.4, 0.5) is 11.4 Å². The molecular formula is C20H20N2O8. The van der Waals surface area contributed by atoms with Crippen molar-refractivity contribution in [3.8, 4) is 0 Å². The third kappa shape index (κ3) is 5.16. The van der Waals surface area contributed by atoms with Crippen LogP contribution >= 0.6 is 0 Å². The van der Waals surface area contributed by atoms with Crippen molar-refractivity contribution >= 4 is 23.3 Å². The van der Waals surface area contributed by atoms with E-state index in [1.54, 1.807) is 13.8 Å². The lowest BCUT2D eigenvalue weighted by molar-refractivity contribution is -0.385. The van der Waals surface area contributed by atoms with E-state index >= 15 is 0 Å². The fourth-order valence-corrected chi connectivity index (χ4v) is 3.00. The predicted molar refractivity (Wildman–Crippen MR) is 105 cm³/mol. The Morgan fingerprint density at radius 2 is 1.03 bits per heavy atom. The number of nitro groups is 2. The summed E-state index contributed by atoms with van der Waals surface area (Å²) in [7, 11) is 0. The summed E-state index contributed by atoms with van der Waals surface area (Å²) in [4.78, 5) is 46.3. The van der Waals surface area contributed by atoms with Crippen LogP contribution in [0.1, 0.15) is 36.8 Å². The van der Waals surface area contributed by atoms with Gasteiger partial charge in [0.15, 0.2) is 0 Å². The molecule has 2 unspecified atom stereocenters. The molecule has 0 saturated heterocycles. The minimum absolute atomic E-state index is 0.0537. The molecule has 10 nitrogen and oxygen atoms in total. The Morgan fingerprint density at radius 1 is 0.733 bits per heavy atom. The minimum Gasteiger partial charge on any atom is -0.465 e. The van der Waals surface area contributed by atoms with Crippen LogP contribution in [-0.2, 0) is 19.1 Å². The quantitative estimate of drug-likeness (QED) is 0.344. The first kappa shape index (κ1) is 22.5. The van der Waals surface area contributed by atoms with Crippen LogP contribution in [-0.4, -0.2) is 35.0 Å². The molecule has 0 saturated carbocycles. The maximum Gasteiger partial charge on any atom is 0.314 e. The van der Waals surface area contributed by atoms with Crippen LogP contribution in [0.25, 0.3) is 0 Å². The Balaban J connectivity index is 2.59. The van der Waals surface area contributed by atoms with E-state index in [0.29, 0.717) is 11.1 Å². The molecule has 0 fully saturated rings. The maximum atomic E-state index is 12.8. The molecule has 2 aromatic rings. The molecule has 0 aromatic heterocycles. The molecule has 0 radical (unpaired) electrons. The number of carbonyl (C=O) groups excluding carboxylic acids is 2. The van der Waals surface area contributed by atoms with E-state index in [4.69, 9.17) is 9.47 Å². The molecule has 0 N–H and O–H groups in total. The van der Waals surface area contributed by atoms with Gasteiger partial charge in [0.25, 0.3) is 11.4 Å². The number of rotatable bonds is 9. The zero-order valence-corrected chi connectivity index (χ0v) is 16.3. The third-order valence-corrected chi connectivity index (χ3v) is 4.34. The summed E-state index contributed by atoms with van der Waals surface area (Å²) in [6.07, 6.45) is 0. The van der Waals surface area contributed by atoms with Crippen molar-refractivity contribution in [2.24, 2.45) is 0 Å². The van der Waals surface area contributed by atoms with Crippen LogP contribution in [0.15, 0.2) is 48.5 Å². The molecule has 158 valence electrons. The number of esters is 2. The number of benzene rings is 2. The van der Waals surface area contributed by atoms with E-state index in [2.05, 4.69) is 0 Å². The van der Waals surface area contributed by atoms with Crippen molar-refractivity contribution < 1.29 is 28.9 Å². The number of ether oxygens (including phenoxy) is 2. The monoisotopic (exact) mass is 416 g/mol. The molecule has 2 aromatic carbocycles. The highest BCUT2D eigenvalue weighted by molar-refractivity contribution is 5.90. The molecule has 10 heteroatoms. The second-order valence-corrected chi connectivity index (χ2v) is 6.16. The highest BCUT2D eigenvalue weighted by Gasteiger charge is 2.39. The second-order valence-electron chi connectivity index (χ2n) is 6.16. The molecule has 0 amide bonds. The minimum atomic E-state index is -1.16. The molecule has 2 atom stereocenters. The van der Waals surface area contributed by atoms with Gasteiger partial charge in [-0.25, -0.2) is 0 Å². The third-order valence-electron chi connectivity index (χ3n) is 4.34. The van der Waals surface area contributed by atoms with Gasteiger partial charge in [0.1, 0.15) is 0 Å².